The van der Waals surface area contributed by atoms with Gasteiger partial charge in [-0.25, -0.2) is 0 Å². The van der Waals surface area contributed by atoms with Gasteiger partial charge >= 0.3 is 0 Å². The number of rotatable bonds is 5. The summed E-state index contributed by atoms with van der Waals surface area (Å²) in [5.41, 5.74) is 0.867. The maximum Gasteiger partial charge on any atom is 0.251 e. The van der Waals surface area contributed by atoms with Crippen LogP contribution in [0.15, 0.2) is 47.6 Å². The number of nitrogens with one attached hydrogen (secondary N) is 1. The SMILES string of the molecule is CC(NC(=O)CSc1cccc[n+]1[O-])c1ccc(Cl)c(Cl)c1. The number of nitrogens with zero attached hydrogens (tertiary/aromatic N) is 1. The van der Waals surface area contributed by atoms with Crippen molar-refractivity contribution in [3.63, 3.8) is 0 Å². The topological polar surface area (TPSA) is 56.0 Å². The lowest BCUT2D eigenvalue weighted by atomic mass is 10.1. The van der Waals surface area contributed by atoms with E-state index in [1.165, 1.54) is 18.0 Å². The first-order valence-corrected chi connectivity index (χ1v) is 8.27. The Morgan fingerprint density at radius 2 is 2.09 bits per heavy atom. The Morgan fingerprint density at radius 3 is 2.77 bits per heavy atom. The largest absolute Gasteiger partial charge is 0.618 e. The van der Waals surface area contributed by atoms with E-state index in [1.54, 1.807) is 30.3 Å². The van der Waals surface area contributed by atoms with Crippen LogP contribution in [0.3, 0.4) is 0 Å². The smallest absolute Gasteiger partial charge is 0.251 e. The minimum atomic E-state index is -0.196. The molecule has 4 nitrogen and oxygen atoms in total. The first-order chi connectivity index (χ1) is 10.5. The summed E-state index contributed by atoms with van der Waals surface area (Å²) < 4.78 is 0.736. The van der Waals surface area contributed by atoms with Crippen molar-refractivity contribution < 1.29 is 9.52 Å². The van der Waals surface area contributed by atoms with Crippen LogP contribution in [0.4, 0.5) is 0 Å². The maximum absolute atomic E-state index is 12.0. The molecule has 0 aliphatic heterocycles. The van der Waals surface area contributed by atoms with Crippen LogP contribution in [0.25, 0.3) is 0 Å². The average Bonchev–Trinajstić information content (AvgIpc) is 2.49. The van der Waals surface area contributed by atoms with Crippen molar-refractivity contribution in [2.24, 2.45) is 0 Å². The maximum atomic E-state index is 12.0. The van der Waals surface area contributed by atoms with E-state index in [-0.39, 0.29) is 17.7 Å². The summed E-state index contributed by atoms with van der Waals surface area (Å²) in [7, 11) is 0. The molecule has 7 heteroatoms. The summed E-state index contributed by atoms with van der Waals surface area (Å²) in [6, 6.07) is 10.1. The number of amides is 1. The van der Waals surface area contributed by atoms with E-state index in [2.05, 4.69) is 5.32 Å². The molecule has 2 rings (SSSR count). The monoisotopic (exact) mass is 356 g/mol. The quantitative estimate of drug-likeness (QED) is 0.505. The van der Waals surface area contributed by atoms with E-state index in [9.17, 15) is 10.0 Å². The van der Waals surface area contributed by atoms with Crippen molar-refractivity contribution >= 4 is 40.9 Å². The number of carbonyl (C=O) groups is 1. The lowest BCUT2D eigenvalue weighted by Crippen LogP contribution is -2.31. The molecule has 1 aromatic carbocycles. The van der Waals surface area contributed by atoms with E-state index in [0.29, 0.717) is 15.1 Å². The number of hydrogen-bond acceptors (Lipinski definition) is 3. The first-order valence-electron chi connectivity index (χ1n) is 6.52. The van der Waals surface area contributed by atoms with E-state index in [0.717, 1.165) is 10.3 Å². The number of thioether (sulfide) groups is 1. The number of benzene rings is 1. The van der Waals surface area contributed by atoms with Gasteiger partial charge in [0, 0.05) is 12.1 Å². The molecule has 0 saturated heterocycles. The molecule has 2 aromatic rings. The summed E-state index contributed by atoms with van der Waals surface area (Å²) >= 11 is 13.0. The highest BCUT2D eigenvalue weighted by molar-refractivity contribution is 7.99. The van der Waals surface area contributed by atoms with Crippen LogP contribution in [0.2, 0.25) is 10.0 Å². The Kier molecular flexibility index (Phi) is 5.94. The Hall–Kier alpha value is -1.43. The number of aromatic nitrogens is 1. The van der Waals surface area contributed by atoms with Gasteiger partial charge in [-0.05, 0) is 42.4 Å². The number of pyridine rings is 1. The van der Waals surface area contributed by atoms with Crippen LogP contribution >= 0.6 is 35.0 Å². The van der Waals surface area contributed by atoms with Crippen LogP contribution in [0.1, 0.15) is 18.5 Å². The zero-order valence-corrected chi connectivity index (χ0v) is 14.1. The molecule has 116 valence electrons. The van der Waals surface area contributed by atoms with Crippen molar-refractivity contribution in [2.45, 2.75) is 18.0 Å². The van der Waals surface area contributed by atoms with Crippen LogP contribution in [0, 0.1) is 5.21 Å². The van der Waals surface area contributed by atoms with Crippen molar-refractivity contribution in [2.75, 3.05) is 5.75 Å². The molecule has 0 bridgehead atoms. The van der Waals surface area contributed by atoms with E-state index >= 15 is 0 Å². The summed E-state index contributed by atoms with van der Waals surface area (Å²) in [6.45, 7) is 1.86. The van der Waals surface area contributed by atoms with Crippen molar-refractivity contribution in [3.05, 3.63) is 63.4 Å². The molecule has 0 aliphatic carbocycles. The van der Waals surface area contributed by atoms with Crippen molar-refractivity contribution in [1.82, 2.24) is 5.32 Å². The minimum absolute atomic E-state index is 0.160. The molecule has 0 radical (unpaired) electrons. The average molecular weight is 357 g/mol. The summed E-state index contributed by atoms with van der Waals surface area (Å²) in [6.07, 6.45) is 1.40. The third-order valence-electron chi connectivity index (χ3n) is 2.96. The molecule has 22 heavy (non-hydrogen) atoms. The van der Waals surface area contributed by atoms with Gasteiger partial charge in [0.05, 0.1) is 21.8 Å². The molecule has 1 aromatic heterocycles. The zero-order valence-electron chi connectivity index (χ0n) is 11.8. The predicted octanol–water partition coefficient (Wildman–Crippen LogP) is 3.60. The van der Waals surface area contributed by atoms with Crippen molar-refractivity contribution in [1.29, 1.82) is 0 Å². The number of carbonyl (C=O) groups excluding carboxylic acids is 1. The first kappa shape index (κ1) is 16.9. The third-order valence-corrected chi connectivity index (χ3v) is 4.72. The second-order valence-corrected chi connectivity index (χ2v) is 6.43. The molecule has 0 saturated carbocycles. The van der Waals surface area contributed by atoms with Crippen LogP contribution in [-0.2, 0) is 4.79 Å². The van der Waals surface area contributed by atoms with Gasteiger partial charge in [0.25, 0.3) is 5.03 Å². The summed E-state index contributed by atoms with van der Waals surface area (Å²) in [5, 5.41) is 15.8. The molecule has 0 spiro atoms. The van der Waals surface area contributed by atoms with Gasteiger partial charge in [-0.1, -0.05) is 29.3 Å². The van der Waals surface area contributed by atoms with E-state index < -0.39 is 0 Å². The van der Waals surface area contributed by atoms with E-state index in [4.69, 9.17) is 23.2 Å². The van der Waals surface area contributed by atoms with Gasteiger partial charge in [-0.3, -0.25) is 4.79 Å². The zero-order chi connectivity index (χ0) is 16.1. The molecular formula is C15H14Cl2N2O2S. The molecular weight excluding hydrogens is 343 g/mol. The molecule has 1 amide bonds. The predicted molar refractivity (Wildman–Crippen MR) is 89.1 cm³/mol. The molecule has 0 aliphatic rings. The minimum Gasteiger partial charge on any atom is -0.618 e. The fourth-order valence-corrected chi connectivity index (χ4v) is 2.84. The Labute approximate surface area is 143 Å². The van der Waals surface area contributed by atoms with Gasteiger partial charge in [0.15, 0.2) is 6.20 Å². The molecule has 1 N–H and O–H groups in total. The second kappa shape index (κ2) is 7.72. The van der Waals surface area contributed by atoms with Gasteiger partial charge in [-0.15, -0.1) is 0 Å². The van der Waals surface area contributed by atoms with Gasteiger partial charge in [-0.2, -0.15) is 4.73 Å². The van der Waals surface area contributed by atoms with Gasteiger partial charge < -0.3 is 10.5 Å². The molecule has 1 unspecified atom stereocenters. The number of halogens is 2. The molecule has 1 atom stereocenters. The fraction of sp³-hybridized carbons (Fsp3) is 0.200. The highest BCUT2D eigenvalue weighted by Gasteiger charge is 2.13. The number of hydrogen-bond donors (Lipinski definition) is 1. The Balaban J connectivity index is 1.91. The van der Waals surface area contributed by atoms with Gasteiger partial charge in [0.2, 0.25) is 5.91 Å². The van der Waals surface area contributed by atoms with Crippen LogP contribution < -0.4 is 10.0 Å². The summed E-state index contributed by atoms with van der Waals surface area (Å²) in [5.74, 6) is 0.00481. The molecule has 0 fully saturated rings. The molecule has 1 heterocycles. The highest BCUT2D eigenvalue weighted by Crippen LogP contribution is 2.25. The summed E-state index contributed by atoms with van der Waals surface area (Å²) in [4.78, 5) is 12.0. The lowest BCUT2D eigenvalue weighted by Gasteiger charge is -2.14. The third kappa shape index (κ3) is 4.53. The van der Waals surface area contributed by atoms with Gasteiger partial charge in [0.1, 0.15) is 0 Å². The Morgan fingerprint density at radius 1 is 1.32 bits per heavy atom. The van der Waals surface area contributed by atoms with E-state index in [1.807, 2.05) is 13.0 Å². The normalized spacial score (nSPS) is 12.0. The fourth-order valence-electron chi connectivity index (χ4n) is 1.81. The standard InChI is InChI=1S/C15H14Cl2N2O2S/c1-10(11-5-6-12(16)13(17)8-11)18-14(20)9-22-15-4-2-3-7-19(15)21/h2-8,10H,9H2,1H3,(H,18,20). The van der Waals surface area contributed by atoms with Crippen LogP contribution in [0.5, 0.6) is 0 Å². The second-order valence-electron chi connectivity index (χ2n) is 4.62. The van der Waals surface area contributed by atoms with Crippen LogP contribution in [-0.4, -0.2) is 11.7 Å². The van der Waals surface area contributed by atoms with Crippen molar-refractivity contribution in [3.8, 4) is 0 Å². The lowest BCUT2D eigenvalue weighted by molar-refractivity contribution is -0.645. The highest BCUT2D eigenvalue weighted by atomic mass is 35.5. The Bertz CT molecular complexity index is 682.